The van der Waals surface area contributed by atoms with Gasteiger partial charge in [0, 0.05) is 17.8 Å². The molecular formula is C42H34F3N3O3. The fourth-order valence-electron chi connectivity index (χ4n) is 6.01. The molecule has 6 rings (SSSR count). The first kappa shape index (κ1) is 34.6. The molecule has 0 saturated carbocycles. The predicted octanol–water partition coefficient (Wildman–Crippen LogP) is 8.80. The van der Waals surface area contributed by atoms with Crippen LogP contribution in [0.5, 0.6) is 0 Å². The van der Waals surface area contributed by atoms with Gasteiger partial charge in [-0.25, -0.2) is 0 Å². The van der Waals surface area contributed by atoms with Gasteiger partial charge >= 0.3 is 6.18 Å². The summed E-state index contributed by atoms with van der Waals surface area (Å²) in [6, 6.07) is 38.5. The summed E-state index contributed by atoms with van der Waals surface area (Å²) in [5.74, 6) is -1.08. The number of amides is 3. The number of anilines is 1. The minimum atomic E-state index is -4.46. The van der Waals surface area contributed by atoms with E-state index < -0.39 is 23.7 Å². The Balaban J connectivity index is 1.12. The molecule has 0 aromatic heterocycles. The highest BCUT2D eigenvalue weighted by molar-refractivity contribution is 6.09. The SMILES string of the molecule is Cc1cc(CNC(=O)[C@@H](NC(=O)Cc2cccc3ccccc23)c2ccccc2)ccc1NC(=O)c1ccccc1-c1ccc(C(F)(F)F)cc1. The van der Waals surface area contributed by atoms with Gasteiger partial charge in [-0.3, -0.25) is 14.4 Å². The lowest BCUT2D eigenvalue weighted by atomic mass is 9.98. The second-order valence-corrected chi connectivity index (χ2v) is 12.2. The van der Waals surface area contributed by atoms with Gasteiger partial charge in [0.15, 0.2) is 0 Å². The topological polar surface area (TPSA) is 87.3 Å². The summed E-state index contributed by atoms with van der Waals surface area (Å²) in [7, 11) is 0. The van der Waals surface area contributed by atoms with Gasteiger partial charge in [0.1, 0.15) is 6.04 Å². The van der Waals surface area contributed by atoms with Crippen molar-refractivity contribution in [3.05, 3.63) is 173 Å². The van der Waals surface area contributed by atoms with E-state index in [-0.39, 0.29) is 24.8 Å². The Bertz CT molecular complexity index is 2190. The van der Waals surface area contributed by atoms with Gasteiger partial charge in [0.05, 0.1) is 12.0 Å². The fourth-order valence-corrected chi connectivity index (χ4v) is 6.01. The van der Waals surface area contributed by atoms with Gasteiger partial charge in [-0.15, -0.1) is 0 Å². The molecule has 0 unspecified atom stereocenters. The maximum absolute atomic E-state index is 13.5. The van der Waals surface area contributed by atoms with E-state index in [4.69, 9.17) is 0 Å². The van der Waals surface area contributed by atoms with Crippen LogP contribution in [-0.2, 0) is 28.7 Å². The van der Waals surface area contributed by atoms with Crippen molar-refractivity contribution in [2.45, 2.75) is 32.1 Å². The second kappa shape index (κ2) is 15.1. The minimum Gasteiger partial charge on any atom is -0.350 e. The highest BCUT2D eigenvalue weighted by atomic mass is 19.4. The largest absolute Gasteiger partial charge is 0.416 e. The number of halogens is 3. The molecule has 9 heteroatoms. The average molecular weight is 686 g/mol. The summed E-state index contributed by atoms with van der Waals surface area (Å²) in [6.07, 6.45) is -4.35. The monoisotopic (exact) mass is 685 g/mol. The molecule has 0 aliphatic rings. The summed E-state index contributed by atoms with van der Waals surface area (Å²) < 4.78 is 39.3. The first-order valence-corrected chi connectivity index (χ1v) is 16.3. The lowest BCUT2D eigenvalue weighted by Gasteiger charge is -2.20. The normalized spacial score (nSPS) is 11.8. The molecule has 3 N–H and O–H groups in total. The quantitative estimate of drug-likeness (QED) is 0.135. The molecule has 6 nitrogen and oxygen atoms in total. The molecule has 0 aliphatic carbocycles. The Morgan fingerprint density at radius 2 is 1.41 bits per heavy atom. The molecule has 0 fully saturated rings. The number of fused-ring (bicyclic) bond motifs is 1. The lowest BCUT2D eigenvalue weighted by Crippen LogP contribution is -2.40. The average Bonchev–Trinajstić information content (AvgIpc) is 3.14. The number of hydrogen-bond acceptors (Lipinski definition) is 3. The van der Waals surface area contributed by atoms with E-state index in [0.29, 0.717) is 27.9 Å². The van der Waals surface area contributed by atoms with Crippen molar-refractivity contribution in [2.24, 2.45) is 0 Å². The molecule has 0 aliphatic heterocycles. The molecule has 3 amide bonds. The number of alkyl halides is 3. The molecule has 0 radical (unpaired) electrons. The maximum atomic E-state index is 13.5. The van der Waals surface area contributed by atoms with Crippen molar-refractivity contribution in [1.29, 1.82) is 0 Å². The van der Waals surface area contributed by atoms with E-state index in [1.165, 1.54) is 12.1 Å². The number of carbonyl (C=O) groups excluding carboxylic acids is 3. The first-order valence-electron chi connectivity index (χ1n) is 16.3. The van der Waals surface area contributed by atoms with Crippen LogP contribution in [-0.4, -0.2) is 17.7 Å². The predicted molar refractivity (Wildman–Crippen MR) is 193 cm³/mol. The zero-order valence-corrected chi connectivity index (χ0v) is 27.6. The summed E-state index contributed by atoms with van der Waals surface area (Å²) in [5.41, 5.74) is 4.09. The minimum absolute atomic E-state index is 0.110. The Morgan fingerprint density at radius 3 is 2.16 bits per heavy atom. The molecule has 1 atom stereocenters. The van der Waals surface area contributed by atoms with Gasteiger partial charge in [-0.05, 0) is 75.3 Å². The van der Waals surface area contributed by atoms with E-state index in [0.717, 1.165) is 39.6 Å². The molecule has 0 spiro atoms. The molecule has 6 aromatic carbocycles. The second-order valence-electron chi connectivity index (χ2n) is 12.2. The van der Waals surface area contributed by atoms with Crippen molar-refractivity contribution in [3.63, 3.8) is 0 Å². The summed E-state index contributed by atoms with van der Waals surface area (Å²) in [4.78, 5) is 40.2. The van der Waals surface area contributed by atoms with E-state index in [1.807, 2.05) is 73.7 Å². The third-order valence-corrected chi connectivity index (χ3v) is 8.63. The Morgan fingerprint density at radius 1 is 0.725 bits per heavy atom. The number of carbonyl (C=O) groups is 3. The van der Waals surface area contributed by atoms with Crippen LogP contribution in [0.15, 0.2) is 140 Å². The molecule has 0 saturated heterocycles. The van der Waals surface area contributed by atoms with Crippen LogP contribution in [0.3, 0.4) is 0 Å². The molecule has 6 aromatic rings. The third kappa shape index (κ3) is 8.33. The summed E-state index contributed by atoms with van der Waals surface area (Å²) >= 11 is 0. The number of rotatable bonds is 10. The van der Waals surface area contributed by atoms with Gasteiger partial charge in [0.25, 0.3) is 5.91 Å². The van der Waals surface area contributed by atoms with E-state index in [9.17, 15) is 27.6 Å². The standard InChI is InChI=1S/C42H34F3N3O3/c1-27-24-28(18-23-37(27)47-40(50)36-17-8-7-16-35(36)30-19-21-33(22-20-30)42(43,44)45)26-46-41(51)39(31-11-3-2-4-12-31)48-38(49)25-32-14-9-13-29-10-5-6-15-34(29)32/h2-24,39H,25-26H2,1H3,(H,46,51)(H,47,50)(H,48,49)/t39-/m0/s1. The first-order chi connectivity index (χ1) is 24.6. The van der Waals surface area contributed by atoms with Gasteiger partial charge < -0.3 is 16.0 Å². The lowest BCUT2D eigenvalue weighted by molar-refractivity contribution is -0.137. The van der Waals surface area contributed by atoms with Crippen LogP contribution in [0.25, 0.3) is 21.9 Å². The van der Waals surface area contributed by atoms with Crippen LogP contribution in [0.4, 0.5) is 18.9 Å². The molecule has 0 bridgehead atoms. The van der Waals surface area contributed by atoms with Crippen LogP contribution in [0.1, 0.15) is 44.2 Å². The number of nitrogens with one attached hydrogen (secondary N) is 3. The summed E-state index contributed by atoms with van der Waals surface area (Å²) in [6.45, 7) is 2.00. The Hall–Kier alpha value is -6.22. The van der Waals surface area contributed by atoms with Gasteiger partial charge in [0.2, 0.25) is 11.8 Å². The van der Waals surface area contributed by atoms with Crippen LogP contribution in [0, 0.1) is 6.92 Å². The fraction of sp³-hybridized carbons (Fsp3) is 0.119. The van der Waals surface area contributed by atoms with Crippen LogP contribution >= 0.6 is 0 Å². The van der Waals surface area contributed by atoms with E-state index in [1.54, 1.807) is 48.5 Å². The molecule has 256 valence electrons. The van der Waals surface area contributed by atoms with Gasteiger partial charge in [-0.1, -0.05) is 115 Å². The maximum Gasteiger partial charge on any atom is 0.416 e. The van der Waals surface area contributed by atoms with Crippen molar-refractivity contribution < 1.29 is 27.6 Å². The highest BCUT2D eigenvalue weighted by Crippen LogP contribution is 2.32. The van der Waals surface area contributed by atoms with Gasteiger partial charge in [-0.2, -0.15) is 13.2 Å². The van der Waals surface area contributed by atoms with Crippen molar-refractivity contribution in [3.8, 4) is 11.1 Å². The molecule has 51 heavy (non-hydrogen) atoms. The zero-order chi connectivity index (χ0) is 36.0. The smallest absolute Gasteiger partial charge is 0.350 e. The molecule has 0 heterocycles. The number of hydrogen-bond donors (Lipinski definition) is 3. The van der Waals surface area contributed by atoms with E-state index in [2.05, 4.69) is 16.0 Å². The zero-order valence-electron chi connectivity index (χ0n) is 27.6. The Kier molecular flexibility index (Phi) is 10.3. The third-order valence-electron chi connectivity index (χ3n) is 8.63. The number of aryl methyl sites for hydroxylation is 1. The summed E-state index contributed by atoms with van der Waals surface area (Å²) in [5, 5.41) is 10.8. The van der Waals surface area contributed by atoms with Crippen molar-refractivity contribution >= 4 is 34.2 Å². The Labute approximate surface area is 293 Å². The van der Waals surface area contributed by atoms with Crippen LogP contribution in [0.2, 0.25) is 0 Å². The molecular weight excluding hydrogens is 651 g/mol. The van der Waals surface area contributed by atoms with E-state index >= 15 is 0 Å². The van der Waals surface area contributed by atoms with Crippen LogP contribution < -0.4 is 16.0 Å². The van der Waals surface area contributed by atoms with Crippen molar-refractivity contribution in [2.75, 3.05) is 5.32 Å². The number of benzene rings is 6. The highest BCUT2D eigenvalue weighted by Gasteiger charge is 2.30. The van der Waals surface area contributed by atoms with Crippen molar-refractivity contribution in [1.82, 2.24) is 10.6 Å².